The molecule has 0 aromatic carbocycles. The number of ketones is 1. The maximum absolute atomic E-state index is 11.0. The van der Waals surface area contributed by atoms with Crippen molar-refractivity contribution in [2.24, 2.45) is 0 Å². The van der Waals surface area contributed by atoms with Crippen molar-refractivity contribution < 1.29 is 19.4 Å². The summed E-state index contributed by atoms with van der Waals surface area (Å²) in [7, 11) is 0. The average molecular weight is 218 g/mol. The monoisotopic (exact) mass is 218 g/mol. The van der Waals surface area contributed by atoms with Gasteiger partial charge < -0.3 is 9.84 Å². The normalized spacial score (nSPS) is 11.9. The summed E-state index contributed by atoms with van der Waals surface area (Å²) in [6.45, 7) is 1.84. The Hall–Kier alpha value is -0.810. The van der Waals surface area contributed by atoms with E-state index in [1.54, 1.807) is 0 Å². The Morgan fingerprint density at radius 1 is 1.57 bits per heavy atom. The van der Waals surface area contributed by atoms with Gasteiger partial charge in [0, 0.05) is 18.2 Å². The summed E-state index contributed by atoms with van der Waals surface area (Å²) in [6.07, 6.45) is -0.453. The molecule has 5 heteroatoms. The minimum Gasteiger partial charge on any atom is -0.459 e. The molecule has 0 aliphatic rings. The third-order valence-corrected chi connectivity index (χ3v) is 1.65. The topological polar surface area (TPSA) is 63.6 Å². The number of aliphatic hydroxyl groups is 1. The molecule has 80 valence electrons. The summed E-state index contributed by atoms with van der Waals surface area (Å²) >= 11 is 4.44. The van der Waals surface area contributed by atoms with E-state index < -0.39 is 12.1 Å². The molecule has 0 heterocycles. The molecule has 0 saturated heterocycles. The first kappa shape index (κ1) is 13.2. The highest BCUT2D eigenvalue weighted by Gasteiger charge is 2.19. The Balaban J connectivity index is 3.82. The van der Waals surface area contributed by atoms with Gasteiger partial charge in [0.05, 0.1) is 0 Å². The Labute approximate surface area is 88.2 Å². The van der Waals surface area contributed by atoms with Crippen molar-refractivity contribution in [1.82, 2.24) is 0 Å². The van der Waals surface area contributed by atoms with E-state index in [0.717, 1.165) is 0 Å². The number of ether oxygens (including phenoxy) is 1. The first-order valence-corrected chi connectivity index (χ1v) is 4.89. The van der Waals surface area contributed by atoms with Gasteiger partial charge in [-0.3, -0.25) is 4.79 Å². The van der Waals surface area contributed by atoms with Gasteiger partial charge in [0.25, 0.3) is 0 Å². The molecule has 4 nitrogen and oxygen atoms in total. The van der Waals surface area contributed by atoms with Crippen LogP contribution in [0, 0.1) is 0 Å². The predicted octanol–water partition coefficient (Wildman–Crippen LogP) is 0.649. The first-order chi connectivity index (χ1) is 6.61. The summed E-state index contributed by atoms with van der Waals surface area (Å²) in [5, 5.41) is 10.4. The summed E-state index contributed by atoms with van der Waals surface area (Å²) in [5.41, 5.74) is 0. The molecular formula is C9H14O4S. The zero-order valence-corrected chi connectivity index (χ0v) is 8.88. The second kappa shape index (κ2) is 7.58. The molecule has 0 fully saturated rings. The number of aliphatic hydroxyl groups excluding tert-OH is 1. The van der Waals surface area contributed by atoms with Crippen LogP contribution >= 0.6 is 12.2 Å². The van der Waals surface area contributed by atoms with Crippen LogP contribution in [-0.2, 0) is 14.3 Å². The van der Waals surface area contributed by atoms with E-state index >= 15 is 0 Å². The van der Waals surface area contributed by atoms with Crippen molar-refractivity contribution in [3.05, 3.63) is 0 Å². The van der Waals surface area contributed by atoms with Gasteiger partial charge in [0.1, 0.15) is 12.4 Å². The van der Waals surface area contributed by atoms with E-state index in [1.807, 2.05) is 6.92 Å². The van der Waals surface area contributed by atoms with Gasteiger partial charge in [-0.25, -0.2) is 4.79 Å². The van der Waals surface area contributed by atoms with E-state index in [1.165, 1.54) is 5.37 Å². The summed E-state index contributed by atoms with van der Waals surface area (Å²) < 4.78 is 4.53. The van der Waals surface area contributed by atoms with Crippen LogP contribution in [0.2, 0.25) is 0 Å². The number of rotatable bonds is 7. The summed E-state index contributed by atoms with van der Waals surface area (Å²) in [6, 6.07) is 0. The van der Waals surface area contributed by atoms with E-state index in [9.17, 15) is 14.7 Å². The van der Waals surface area contributed by atoms with Crippen molar-refractivity contribution in [3.8, 4) is 0 Å². The van der Waals surface area contributed by atoms with Crippen LogP contribution in [0.5, 0.6) is 0 Å². The number of Topliss-reactive ketones (excluding diaryl/α,β-unsaturated/α-hetero) is 1. The van der Waals surface area contributed by atoms with Crippen molar-refractivity contribution in [2.45, 2.75) is 32.3 Å². The molecule has 0 aliphatic carbocycles. The molecule has 1 atom stereocenters. The van der Waals surface area contributed by atoms with Crippen LogP contribution in [0.3, 0.4) is 0 Å². The SMILES string of the molecule is CCCC(=O)CC(O)C(=O)OCC=S. The van der Waals surface area contributed by atoms with Gasteiger partial charge in [-0.1, -0.05) is 19.1 Å². The third-order valence-electron chi connectivity index (χ3n) is 1.52. The highest BCUT2D eigenvalue weighted by atomic mass is 32.1. The van der Waals surface area contributed by atoms with Crippen molar-refractivity contribution in [3.63, 3.8) is 0 Å². The quantitative estimate of drug-likeness (QED) is 0.502. The molecule has 1 N–H and O–H groups in total. The number of esters is 1. The fraction of sp³-hybridized carbons (Fsp3) is 0.667. The lowest BCUT2D eigenvalue weighted by Crippen LogP contribution is -2.26. The largest absolute Gasteiger partial charge is 0.459 e. The molecule has 0 aliphatic heterocycles. The number of hydrogen-bond donors (Lipinski definition) is 1. The van der Waals surface area contributed by atoms with Gasteiger partial charge in [-0.15, -0.1) is 0 Å². The fourth-order valence-corrected chi connectivity index (χ4v) is 0.960. The molecule has 0 saturated carbocycles. The predicted molar refractivity (Wildman–Crippen MR) is 55.2 cm³/mol. The lowest BCUT2D eigenvalue weighted by Gasteiger charge is -2.07. The van der Waals surface area contributed by atoms with E-state index in [2.05, 4.69) is 17.0 Å². The van der Waals surface area contributed by atoms with Crippen LogP contribution in [0.15, 0.2) is 0 Å². The lowest BCUT2D eigenvalue weighted by atomic mass is 10.1. The molecule has 14 heavy (non-hydrogen) atoms. The fourth-order valence-electron chi connectivity index (χ4n) is 0.892. The highest BCUT2D eigenvalue weighted by molar-refractivity contribution is 7.79. The second-order valence-corrected chi connectivity index (χ2v) is 3.14. The van der Waals surface area contributed by atoms with Gasteiger partial charge >= 0.3 is 5.97 Å². The average Bonchev–Trinajstić information content (AvgIpc) is 2.14. The van der Waals surface area contributed by atoms with Crippen molar-refractivity contribution >= 4 is 29.3 Å². The molecule has 0 bridgehead atoms. The minimum absolute atomic E-state index is 0.0206. The molecule has 0 amide bonds. The molecule has 0 aromatic heterocycles. The van der Waals surface area contributed by atoms with Gasteiger partial charge in [-0.05, 0) is 6.42 Å². The summed E-state index contributed by atoms with van der Waals surface area (Å²) in [4.78, 5) is 22.0. The maximum atomic E-state index is 11.0. The molecule has 0 radical (unpaired) electrons. The molecule has 0 aromatic rings. The van der Waals surface area contributed by atoms with Crippen LogP contribution in [0.25, 0.3) is 0 Å². The van der Waals surface area contributed by atoms with E-state index in [4.69, 9.17) is 0 Å². The van der Waals surface area contributed by atoms with Crippen LogP contribution in [0.1, 0.15) is 26.2 Å². The Bertz CT molecular complexity index is 215. The minimum atomic E-state index is -1.36. The second-order valence-electron chi connectivity index (χ2n) is 2.81. The van der Waals surface area contributed by atoms with Crippen LogP contribution in [-0.4, -0.2) is 34.9 Å². The molecule has 0 rings (SSSR count). The smallest absolute Gasteiger partial charge is 0.335 e. The zero-order valence-electron chi connectivity index (χ0n) is 8.06. The zero-order chi connectivity index (χ0) is 11.0. The Kier molecular flexibility index (Phi) is 7.14. The van der Waals surface area contributed by atoms with Crippen LogP contribution < -0.4 is 0 Å². The van der Waals surface area contributed by atoms with Gasteiger partial charge in [-0.2, -0.15) is 0 Å². The maximum Gasteiger partial charge on any atom is 0.335 e. The standard InChI is InChI=1S/C9H14O4S/c1-2-3-7(10)6-8(11)9(12)13-4-5-14/h5,8,11H,2-4,6H2,1H3. The highest BCUT2D eigenvalue weighted by Crippen LogP contribution is 2.01. The van der Waals surface area contributed by atoms with Crippen LogP contribution in [0.4, 0.5) is 0 Å². The lowest BCUT2D eigenvalue weighted by molar-refractivity contribution is -0.153. The summed E-state index contributed by atoms with van der Waals surface area (Å²) in [5.74, 6) is -0.935. The number of carbonyl (C=O) groups excluding carboxylic acids is 2. The number of thiocarbonyl (C=S) groups is 1. The Morgan fingerprint density at radius 2 is 2.21 bits per heavy atom. The van der Waals surface area contributed by atoms with Crippen molar-refractivity contribution in [2.75, 3.05) is 6.61 Å². The van der Waals surface area contributed by atoms with Gasteiger partial charge in [0.2, 0.25) is 0 Å². The Morgan fingerprint density at radius 3 is 2.71 bits per heavy atom. The van der Waals surface area contributed by atoms with E-state index in [-0.39, 0.29) is 18.8 Å². The molecule has 1 unspecified atom stereocenters. The van der Waals surface area contributed by atoms with Crippen molar-refractivity contribution in [1.29, 1.82) is 0 Å². The molecule has 0 spiro atoms. The third kappa shape index (κ3) is 5.77. The first-order valence-electron chi connectivity index (χ1n) is 4.41. The van der Waals surface area contributed by atoms with E-state index in [0.29, 0.717) is 12.8 Å². The number of hydrogen-bond acceptors (Lipinski definition) is 5. The van der Waals surface area contributed by atoms with Gasteiger partial charge in [0.15, 0.2) is 6.10 Å². The number of carbonyl (C=O) groups is 2. The molecular weight excluding hydrogens is 204 g/mol.